The lowest BCUT2D eigenvalue weighted by atomic mass is 10.1. The first-order chi connectivity index (χ1) is 20.2. The number of aromatic amines is 3. The summed E-state index contributed by atoms with van der Waals surface area (Å²) in [5.41, 5.74) is 3.19. The van der Waals surface area contributed by atoms with Crippen LogP contribution in [0.25, 0.3) is 0 Å². The summed E-state index contributed by atoms with van der Waals surface area (Å²) in [5, 5.41) is 0. The van der Waals surface area contributed by atoms with Crippen molar-refractivity contribution in [3.63, 3.8) is 0 Å². The molecule has 0 fully saturated rings. The van der Waals surface area contributed by atoms with Crippen LogP contribution in [-0.2, 0) is 6.54 Å². The molecule has 228 valence electrons. The van der Waals surface area contributed by atoms with Gasteiger partial charge in [-0.2, -0.15) is 0 Å². The van der Waals surface area contributed by atoms with E-state index in [0.29, 0.717) is 22.6 Å². The number of hydrogen-bond donors (Lipinski definition) is 3. The van der Waals surface area contributed by atoms with Gasteiger partial charge >= 0.3 is 11.4 Å². The number of nitrogens with zero attached hydrogens (tertiary/aromatic N) is 1. The predicted octanol–water partition coefficient (Wildman–Crippen LogP) is 5.85. The zero-order chi connectivity index (χ0) is 32.0. The molecule has 2 aromatic heterocycles. The SMILES string of the molecule is C=CCn1c(Oc2cc(C)cc(C)c2)c(C(C)C)c(=O)[nH]c1=O.Cc1cc(C)cc(Oc2[nH]c(=O)[nH]c(=O)c2C(C)C)c1. The Balaban J connectivity index is 0.000000238. The average molecular weight is 589 g/mol. The minimum absolute atomic E-state index is 0.0588. The standard InChI is InChI=1S/C18H22N2O3.C15H18N2O3/c1-6-7-20-17(15(11(2)3)16(21)19-18(20)22)23-14-9-12(4)8-13(5)10-14;1-8(2)12-13(18)16-15(19)17-14(12)20-11-6-9(3)5-10(4)7-11/h6,8-11H,1,7H2,2-5H3,(H,19,21,22);5-8H,1-4H3,(H2,16,17,18,19). The molecule has 0 radical (unpaired) electrons. The third-order valence-corrected chi connectivity index (χ3v) is 6.42. The van der Waals surface area contributed by atoms with Gasteiger partial charge in [0, 0.05) is 6.54 Å². The average Bonchev–Trinajstić information content (AvgIpc) is 2.84. The molecule has 0 spiro atoms. The van der Waals surface area contributed by atoms with E-state index in [4.69, 9.17) is 9.47 Å². The number of ether oxygens (including phenoxy) is 2. The number of hydrogen-bond acceptors (Lipinski definition) is 6. The van der Waals surface area contributed by atoms with Gasteiger partial charge in [0.25, 0.3) is 11.1 Å². The normalized spacial score (nSPS) is 10.8. The van der Waals surface area contributed by atoms with Crippen LogP contribution in [0.1, 0.15) is 72.9 Å². The van der Waals surface area contributed by atoms with Gasteiger partial charge in [-0.3, -0.25) is 29.1 Å². The molecule has 0 aliphatic rings. The highest BCUT2D eigenvalue weighted by atomic mass is 16.5. The molecule has 10 heteroatoms. The summed E-state index contributed by atoms with van der Waals surface area (Å²) < 4.78 is 13.1. The second-order valence-corrected chi connectivity index (χ2v) is 11.2. The fourth-order valence-electron chi connectivity index (χ4n) is 4.77. The summed E-state index contributed by atoms with van der Waals surface area (Å²) in [4.78, 5) is 54.7. The second-order valence-electron chi connectivity index (χ2n) is 11.2. The van der Waals surface area contributed by atoms with Crippen LogP contribution >= 0.6 is 0 Å². The molecule has 0 saturated heterocycles. The summed E-state index contributed by atoms with van der Waals surface area (Å²) >= 11 is 0. The Bertz CT molecular complexity index is 1820. The predicted molar refractivity (Wildman–Crippen MR) is 169 cm³/mol. The first-order valence-corrected chi connectivity index (χ1v) is 14.1. The van der Waals surface area contributed by atoms with Crippen LogP contribution in [0, 0.1) is 27.7 Å². The lowest BCUT2D eigenvalue weighted by molar-refractivity contribution is 0.411. The third-order valence-electron chi connectivity index (χ3n) is 6.42. The van der Waals surface area contributed by atoms with E-state index in [2.05, 4.69) is 21.5 Å². The van der Waals surface area contributed by atoms with Crippen molar-refractivity contribution in [1.82, 2.24) is 19.5 Å². The molecule has 4 rings (SSSR count). The fourth-order valence-corrected chi connectivity index (χ4v) is 4.77. The number of nitrogens with one attached hydrogen (secondary N) is 3. The van der Waals surface area contributed by atoms with E-state index in [0.717, 1.165) is 22.3 Å². The van der Waals surface area contributed by atoms with Crippen molar-refractivity contribution in [2.45, 2.75) is 73.8 Å². The number of allylic oxidation sites excluding steroid dienone is 1. The molecule has 0 bridgehead atoms. The van der Waals surface area contributed by atoms with Crippen LogP contribution in [-0.4, -0.2) is 19.5 Å². The third kappa shape index (κ3) is 8.34. The molecule has 10 nitrogen and oxygen atoms in total. The van der Waals surface area contributed by atoms with Crippen molar-refractivity contribution < 1.29 is 9.47 Å². The number of benzene rings is 2. The highest BCUT2D eigenvalue weighted by Gasteiger charge is 2.20. The molecule has 2 heterocycles. The number of H-pyrrole nitrogens is 3. The molecular formula is C33H40N4O6. The molecule has 4 aromatic rings. The van der Waals surface area contributed by atoms with Crippen molar-refractivity contribution in [2.75, 3.05) is 0 Å². The molecule has 43 heavy (non-hydrogen) atoms. The van der Waals surface area contributed by atoms with Gasteiger partial charge in [0.2, 0.25) is 11.8 Å². The Morgan fingerprint density at radius 1 is 0.698 bits per heavy atom. The maximum absolute atomic E-state index is 12.2. The first kappa shape index (κ1) is 32.7. The van der Waals surface area contributed by atoms with Crippen LogP contribution in [0.15, 0.2) is 68.2 Å². The van der Waals surface area contributed by atoms with Gasteiger partial charge in [0.15, 0.2) is 0 Å². The Kier molecular flexibility index (Phi) is 10.5. The van der Waals surface area contributed by atoms with Crippen LogP contribution in [0.5, 0.6) is 23.3 Å². The highest BCUT2D eigenvalue weighted by Crippen LogP contribution is 2.29. The molecular weight excluding hydrogens is 548 g/mol. The van der Waals surface area contributed by atoms with E-state index in [1.807, 2.05) is 91.8 Å². The Morgan fingerprint density at radius 3 is 1.63 bits per heavy atom. The molecule has 0 saturated carbocycles. The second kappa shape index (κ2) is 13.9. The van der Waals surface area contributed by atoms with Crippen molar-refractivity contribution in [2.24, 2.45) is 0 Å². The maximum atomic E-state index is 12.2. The van der Waals surface area contributed by atoms with Crippen molar-refractivity contribution in [1.29, 1.82) is 0 Å². The van der Waals surface area contributed by atoms with Crippen LogP contribution in [0.3, 0.4) is 0 Å². The molecule has 0 amide bonds. The topological polar surface area (TPSA) is 139 Å². The lowest BCUT2D eigenvalue weighted by Crippen LogP contribution is -2.33. The number of rotatable bonds is 8. The number of aryl methyl sites for hydroxylation is 4. The quantitative estimate of drug-likeness (QED) is 0.221. The summed E-state index contributed by atoms with van der Waals surface area (Å²) in [6.07, 6.45) is 1.60. The molecule has 0 aliphatic heterocycles. The van der Waals surface area contributed by atoms with Gasteiger partial charge < -0.3 is 9.47 Å². The zero-order valence-electron chi connectivity index (χ0n) is 26.0. The maximum Gasteiger partial charge on any atom is 0.331 e. The zero-order valence-corrected chi connectivity index (χ0v) is 26.0. The molecule has 2 aromatic carbocycles. The molecule has 0 aliphatic carbocycles. The van der Waals surface area contributed by atoms with E-state index in [1.54, 1.807) is 6.08 Å². The van der Waals surface area contributed by atoms with E-state index in [1.165, 1.54) is 4.57 Å². The van der Waals surface area contributed by atoms with E-state index in [9.17, 15) is 19.2 Å². The summed E-state index contributed by atoms with van der Waals surface area (Å²) in [7, 11) is 0. The molecule has 3 N–H and O–H groups in total. The van der Waals surface area contributed by atoms with E-state index < -0.39 is 22.5 Å². The van der Waals surface area contributed by atoms with Crippen molar-refractivity contribution in [3.8, 4) is 23.3 Å². The molecule has 0 atom stereocenters. The first-order valence-electron chi connectivity index (χ1n) is 14.1. The fraction of sp³-hybridized carbons (Fsp3) is 0.333. The highest BCUT2D eigenvalue weighted by molar-refractivity contribution is 5.39. The Morgan fingerprint density at radius 2 is 1.16 bits per heavy atom. The van der Waals surface area contributed by atoms with Crippen molar-refractivity contribution in [3.05, 3.63) is 124 Å². The van der Waals surface area contributed by atoms with E-state index >= 15 is 0 Å². The summed E-state index contributed by atoms with van der Waals surface area (Å²) in [6.45, 7) is 19.3. The lowest BCUT2D eigenvalue weighted by Gasteiger charge is -2.17. The van der Waals surface area contributed by atoms with Gasteiger partial charge in [0.05, 0.1) is 11.1 Å². The van der Waals surface area contributed by atoms with Crippen LogP contribution in [0.2, 0.25) is 0 Å². The van der Waals surface area contributed by atoms with Crippen molar-refractivity contribution >= 4 is 0 Å². The minimum Gasteiger partial charge on any atom is -0.440 e. The Hall–Kier alpha value is -4.86. The van der Waals surface area contributed by atoms with Gasteiger partial charge in [0.1, 0.15) is 11.5 Å². The van der Waals surface area contributed by atoms with E-state index in [-0.39, 0.29) is 30.1 Å². The number of aromatic nitrogens is 4. The molecule has 0 unspecified atom stereocenters. The Labute approximate surface area is 250 Å². The van der Waals surface area contributed by atoms with Crippen LogP contribution in [0.4, 0.5) is 0 Å². The van der Waals surface area contributed by atoms with Crippen LogP contribution < -0.4 is 32.0 Å². The van der Waals surface area contributed by atoms with Gasteiger partial charge in [-0.15, -0.1) is 6.58 Å². The minimum atomic E-state index is -0.571. The largest absolute Gasteiger partial charge is 0.440 e. The van der Waals surface area contributed by atoms with Gasteiger partial charge in [-0.25, -0.2) is 9.59 Å². The van der Waals surface area contributed by atoms with Gasteiger partial charge in [-0.1, -0.05) is 45.9 Å². The monoisotopic (exact) mass is 588 g/mol. The summed E-state index contributed by atoms with van der Waals surface area (Å²) in [6, 6.07) is 11.5. The van der Waals surface area contributed by atoms with Gasteiger partial charge in [-0.05, 0) is 86.1 Å². The smallest absolute Gasteiger partial charge is 0.331 e. The summed E-state index contributed by atoms with van der Waals surface area (Å²) in [5.74, 6) is 1.54.